The molecular formula is C13H24N6O. The van der Waals surface area contributed by atoms with E-state index in [9.17, 15) is 0 Å². The fourth-order valence-electron chi connectivity index (χ4n) is 2.34. The SMILES string of the molecule is CCOc1nc(N)nc(N2CCN(CC(C)C)CC2)n1. The van der Waals surface area contributed by atoms with Crippen LogP contribution < -0.4 is 15.4 Å². The zero-order valence-corrected chi connectivity index (χ0v) is 12.5. The normalized spacial score (nSPS) is 16.7. The van der Waals surface area contributed by atoms with Gasteiger partial charge in [-0.05, 0) is 12.8 Å². The van der Waals surface area contributed by atoms with Gasteiger partial charge < -0.3 is 15.4 Å². The summed E-state index contributed by atoms with van der Waals surface area (Å²) >= 11 is 0. The lowest BCUT2D eigenvalue weighted by atomic mass is 10.2. The van der Waals surface area contributed by atoms with E-state index in [4.69, 9.17) is 10.5 Å². The summed E-state index contributed by atoms with van der Waals surface area (Å²) in [6, 6.07) is 0.305. The van der Waals surface area contributed by atoms with Crippen LogP contribution in [0.25, 0.3) is 0 Å². The maximum absolute atomic E-state index is 5.71. The van der Waals surface area contributed by atoms with Gasteiger partial charge in [0.25, 0.3) is 0 Å². The zero-order chi connectivity index (χ0) is 14.5. The highest BCUT2D eigenvalue weighted by Crippen LogP contribution is 2.16. The molecule has 0 unspecified atom stereocenters. The van der Waals surface area contributed by atoms with Crippen LogP contribution in [-0.4, -0.2) is 59.2 Å². The van der Waals surface area contributed by atoms with E-state index in [1.165, 1.54) is 0 Å². The molecule has 2 heterocycles. The van der Waals surface area contributed by atoms with Crippen LogP contribution in [0.1, 0.15) is 20.8 Å². The first-order valence-electron chi connectivity index (χ1n) is 7.20. The van der Waals surface area contributed by atoms with Crippen LogP contribution in [0.15, 0.2) is 0 Å². The van der Waals surface area contributed by atoms with Gasteiger partial charge in [0, 0.05) is 32.7 Å². The second-order valence-electron chi connectivity index (χ2n) is 5.39. The summed E-state index contributed by atoms with van der Waals surface area (Å²) in [6.45, 7) is 11.9. The molecule has 0 atom stereocenters. The second kappa shape index (κ2) is 6.69. The lowest BCUT2D eigenvalue weighted by Gasteiger charge is -2.35. The van der Waals surface area contributed by atoms with E-state index in [-0.39, 0.29) is 5.95 Å². The second-order valence-corrected chi connectivity index (χ2v) is 5.39. The Labute approximate surface area is 120 Å². The first-order valence-corrected chi connectivity index (χ1v) is 7.20. The average molecular weight is 280 g/mol. The van der Waals surface area contributed by atoms with Crippen molar-refractivity contribution in [2.75, 3.05) is 50.0 Å². The van der Waals surface area contributed by atoms with Crippen molar-refractivity contribution in [3.63, 3.8) is 0 Å². The molecule has 0 aliphatic carbocycles. The van der Waals surface area contributed by atoms with Crippen molar-refractivity contribution in [2.45, 2.75) is 20.8 Å². The van der Waals surface area contributed by atoms with Crippen molar-refractivity contribution in [1.82, 2.24) is 19.9 Å². The Morgan fingerprint density at radius 3 is 2.45 bits per heavy atom. The third-order valence-electron chi connectivity index (χ3n) is 3.17. The molecule has 2 N–H and O–H groups in total. The summed E-state index contributed by atoms with van der Waals surface area (Å²) in [5.41, 5.74) is 5.71. The molecule has 2 rings (SSSR count). The average Bonchev–Trinajstić information content (AvgIpc) is 2.38. The highest BCUT2D eigenvalue weighted by molar-refractivity contribution is 5.36. The van der Waals surface area contributed by atoms with Crippen molar-refractivity contribution < 1.29 is 4.74 Å². The van der Waals surface area contributed by atoms with Gasteiger partial charge in [0.2, 0.25) is 11.9 Å². The van der Waals surface area contributed by atoms with E-state index in [0.29, 0.717) is 24.5 Å². The largest absolute Gasteiger partial charge is 0.464 e. The Bertz CT molecular complexity index is 431. The maximum atomic E-state index is 5.71. The van der Waals surface area contributed by atoms with Crippen LogP contribution in [0.4, 0.5) is 11.9 Å². The number of aromatic nitrogens is 3. The molecule has 1 aromatic heterocycles. The summed E-state index contributed by atoms with van der Waals surface area (Å²) in [6.07, 6.45) is 0. The van der Waals surface area contributed by atoms with Crippen molar-refractivity contribution in [3.8, 4) is 6.01 Å². The van der Waals surface area contributed by atoms with Gasteiger partial charge in [0.1, 0.15) is 0 Å². The van der Waals surface area contributed by atoms with Gasteiger partial charge in [-0.1, -0.05) is 13.8 Å². The number of piperazine rings is 1. The Balaban J connectivity index is 1.99. The van der Waals surface area contributed by atoms with Crippen molar-refractivity contribution >= 4 is 11.9 Å². The van der Waals surface area contributed by atoms with Gasteiger partial charge in [0.15, 0.2) is 0 Å². The number of rotatable bonds is 5. The van der Waals surface area contributed by atoms with Crippen LogP contribution in [0.5, 0.6) is 6.01 Å². The molecule has 0 radical (unpaired) electrons. The number of hydrogen-bond donors (Lipinski definition) is 1. The molecule has 7 nitrogen and oxygen atoms in total. The molecule has 1 fully saturated rings. The zero-order valence-electron chi connectivity index (χ0n) is 12.5. The molecule has 0 aromatic carbocycles. The predicted octanol–water partition coefficient (Wildman–Crippen LogP) is 0.631. The van der Waals surface area contributed by atoms with E-state index < -0.39 is 0 Å². The van der Waals surface area contributed by atoms with Crippen LogP contribution in [0.3, 0.4) is 0 Å². The van der Waals surface area contributed by atoms with Gasteiger partial charge in [-0.25, -0.2) is 0 Å². The molecule has 1 aliphatic heterocycles. The topological polar surface area (TPSA) is 80.4 Å². The number of hydrogen-bond acceptors (Lipinski definition) is 7. The highest BCUT2D eigenvalue weighted by Gasteiger charge is 2.20. The first kappa shape index (κ1) is 14.8. The minimum Gasteiger partial charge on any atom is -0.464 e. The van der Waals surface area contributed by atoms with E-state index in [1.807, 2.05) is 6.92 Å². The number of anilines is 2. The third kappa shape index (κ3) is 3.93. The van der Waals surface area contributed by atoms with Crippen LogP contribution in [0, 0.1) is 5.92 Å². The summed E-state index contributed by atoms with van der Waals surface area (Å²) in [4.78, 5) is 17.1. The van der Waals surface area contributed by atoms with Gasteiger partial charge in [-0.2, -0.15) is 15.0 Å². The molecule has 0 saturated carbocycles. The molecular weight excluding hydrogens is 256 g/mol. The smallest absolute Gasteiger partial charge is 0.323 e. The van der Waals surface area contributed by atoms with Crippen LogP contribution in [-0.2, 0) is 0 Å². The molecule has 112 valence electrons. The fraction of sp³-hybridized carbons (Fsp3) is 0.769. The van der Waals surface area contributed by atoms with E-state index in [1.54, 1.807) is 0 Å². The lowest BCUT2D eigenvalue weighted by Crippen LogP contribution is -2.48. The van der Waals surface area contributed by atoms with E-state index >= 15 is 0 Å². The number of nitrogen functional groups attached to an aromatic ring is 1. The van der Waals surface area contributed by atoms with Gasteiger partial charge in [-0.3, -0.25) is 4.90 Å². The molecule has 1 aliphatic rings. The number of ether oxygens (including phenoxy) is 1. The molecule has 1 saturated heterocycles. The summed E-state index contributed by atoms with van der Waals surface area (Å²) < 4.78 is 5.31. The first-order chi connectivity index (χ1) is 9.58. The van der Waals surface area contributed by atoms with Gasteiger partial charge in [-0.15, -0.1) is 0 Å². The standard InChI is InChI=1S/C13H24N6O/c1-4-20-13-16-11(14)15-12(17-13)19-7-5-18(6-8-19)9-10(2)3/h10H,4-9H2,1-3H3,(H2,14,15,16,17). The lowest BCUT2D eigenvalue weighted by molar-refractivity contribution is 0.230. The van der Waals surface area contributed by atoms with Crippen LogP contribution >= 0.6 is 0 Å². The summed E-state index contributed by atoms with van der Waals surface area (Å²) in [5, 5.41) is 0. The molecule has 0 amide bonds. The van der Waals surface area contributed by atoms with Crippen molar-refractivity contribution in [1.29, 1.82) is 0 Å². The van der Waals surface area contributed by atoms with Gasteiger partial charge >= 0.3 is 6.01 Å². The fourth-order valence-corrected chi connectivity index (χ4v) is 2.34. The number of nitrogens with zero attached hydrogens (tertiary/aromatic N) is 5. The van der Waals surface area contributed by atoms with Crippen LogP contribution in [0.2, 0.25) is 0 Å². The maximum Gasteiger partial charge on any atom is 0.323 e. The Morgan fingerprint density at radius 2 is 1.85 bits per heavy atom. The number of nitrogens with two attached hydrogens (primary N) is 1. The minimum absolute atomic E-state index is 0.211. The highest BCUT2D eigenvalue weighted by atomic mass is 16.5. The molecule has 1 aromatic rings. The van der Waals surface area contributed by atoms with E-state index in [2.05, 4.69) is 38.6 Å². The molecule has 0 bridgehead atoms. The summed E-state index contributed by atoms with van der Waals surface area (Å²) in [5.74, 6) is 1.52. The molecule has 0 spiro atoms. The Kier molecular flexibility index (Phi) is 4.94. The molecule has 20 heavy (non-hydrogen) atoms. The molecule has 7 heteroatoms. The Morgan fingerprint density at radius 1 is 1.15 bits per heavy atom. The monoisotopic (exact) mass is 280 g/mol. The van der Waals surface area contributed by atoms with Gasteiger partial charge in [0.05, 0.1) is 6.61 Å². The predicted molar refractivity (Wildman–Crippen MR) is 78.9 cm³/mol. The van der Waals surface area contributed by atoms with E-state index in [0.717, 1.165) is 32.7 Å². The quantitative estimate of drug-likeness (QED) is 0.847. The summed E-state index contributed by atoms with van der Waals surface area (Å²) in [7, 11) is 0. The van der Waals surface area contributed by atoms with Crippen molar-refractivity contribution in [2.24, 2.45) is 5.92 Å². The Hall–Kier alpha value is -1.63. The third-order valence-corrected chi connectivity index (χ3v) is 3.17. The minimum atomic E-state index is 0.211. The van der Waals surface area contributed by atoms with Crippen molar-refractivity contribution in [3.05, 3.63) is 0 Å².